The second kappa shape index (κ2) is 7.20. The molecule has 2 aliphatic heterocycles. The molecule has 0 spiro atoms. The van der Waals surface area contributed by atoms with E-state index >= 15 is 0 Å². The fraction of sp³-hybridized carbons (Fsp3) is 1.00. The van der Waals surface area contributed by atoms with Crippen LogP contribution in [-0.2, 0) is 14.2 Å². The summed E-state index contributed by atoms with van der Waals surface area (Å²) in [7, 11) is 0. The molecule has 2 atom stereocenters. The average molecular weight is 210 g/mol. The Balaban J connectivity index is 0.000000980. The van der Waals surface area contributed by atoms with E-state index in [2.05, 4.69) is 0 Å². The first-order chi connectivity index (χ1) is 6.45. The summed E-state index contributed by atoms with van der Waals surface area (Å²) in [5, 5.41) is 0. The molecule has 0 radical (unpaired) electrons. The van der Waals surface area contributed by atoms with Crippen LogP contribution in [0.3, 0.4) is 0 Å². The van der Waals surface area contributed by atoms with Crippen molar-refractivity contribution in [2.75, 3.05) is 13.2 Å². The first-order valence-corrected chi connectivity index (χ1v) is 5.34. The minimum absolute atomic E-state index is 0. The van der Waals surface area contributed by atoms with Gasteiger partial charge >= 0.3 is 29.6 Å². The van der Waals surface area contributed by atoms with E-state index in [1.165, 1.54) is 25.7 Å². The van der Waals surface area contributed by atoms with Gasteiger partial charge in [0, 0.05) is 13.2 Å². The third kappa shape index (κ3) is 4.17. The Morgan fingerprint density at radius 1 is 0.786 bits per heavy atom. The molecule has 2 saturated heterocycles. The Hall–Kier alpha value is 0.880. The molecule has 2 fully saturated rings. The monoisotopic (exact) mass is 210 g/mol. The summed E-state index contributed by atoms with van der Waals surface area (Å²) >= 11 is 0. The van der Waals surface area contributed by atoms with E-state index in [4.69, 9.17) is 14.2 Å². The average Bonchev–Trinajstić information content (AvgIpc) is 2.21. The van der Waals surface area contributed by atoms with E-state index in [1.807, 2.05) is 0 Å². The first-order valence-electron chi connectivity index (χ1n) is 5.34. The summed E-state index contributed by atoms with van der Waals surface area (Å²) in [6.07, 6.45) is 6.83. The second-order valence-corrected chi connectivity index (χ2v) is 3.73. The fourth-order valence-electron chi connectivity index (χ4n) is 1.81. The Kier molecular flexibility index (Phi) is 6.66. The Morgan fingerprint density at radius 2 is 1.29 bits per heavy atom. The molecule has 3 nitrogen and oxygen atoms in total. The second-order valence-electron chi connectivity index (χ2n) is 3.73. The topological polar surface area (TPSA) is 27.7 Å². The van der Waals surface area contributed by atoms with Gasteiger partial charge in [0.1, 0.15) is 0 Å². The third-order valence-electron chi connectivity index (χ3n) is 2.58. The molecule has 0 bridgehead atoms. The molecule has 0 aromatic carbocycles. The molecule has 14 heavy (non-hydrogen) atoms. The van der Waals surface area contributed by atoms with Crippen molar-refractivity contribution in [2.45, 2.75) is 51.1 Å². The normalized spacial score (nSPS) is 33.4. The van der Waals surface area contributed by atoms with Crippen molar-refractivity contribution in [3.8, 4) is 0 Å². The zero-order valence-corrected chi connectivity index (χ0v) is 8.04. The molecular formula is C10H19NaO3. The number of ether oxygens (including phenoxy) is 3. The van der Waals surface area contributed by atoms with E-state index in [0.717, 1.165) is 26.1 Å². The van der Waals surface area contributed by atoms with Crippen LogP contribution in [0.15, 0.2) is 0 Å². The zero-order chi connectivity index (χ0) is 8.93. The Morgan fingerprint density at radius 3 is 1.64 bits per heavy atom. The maximum atomic E-state index is 5.69. The van der Waals surface area contributed by atoms with Gasteiger partial charge in [-0.25, -0.2) is 0 Å². The van der Waals surface area contributed by atoms with Gasteiger partial charge in [-0.3, -0.25) is 0 Å². The Bertz CT molecular complexity index is 126. The van der Waals surface area contributed by atoms with Gasteiger partial charge in [-0.2, -0.15) is 0 Å². The summed E-state index contributed by atoms with van der Waals surface area (Å²) in [6.45, 7) is 1.69. The van der Waals surface area contributed by atoms with E-state index in [-0.39, 0.29) is 42.1 Å². The quantitative estimate of drug-likeness (QED) is 0.645. The van der Waals surface area contributed by atoms with Crippen molar-refractivity contribution in [3.05, 3.63) is 0 Å². The van der Waals surface area contributed by atoms with Gasteiger partial charge in [0.25, 0.3) is 0 Å². The van der Waals surface area contributed by atoms with Crippen molar-refractivity contribution in [3.63, 3.8) is 0 Å². The molecule has 4 heteroatoms. The molecule has 0 saturated carbocycles. The summed E-state index contributed by atoms with van der Waals surface area (Å²) in [5.41, 5.74) is 0. The predicted molar refractivity (Wildman–Crippen MR) is 55.4 cm³/mol. The molecule has 2 unspecified atom stereocenters. The van der Waals surface area contributed by atoms with Crippen molar-refractivity contribution in [1.82, 2.24) is 0 Å². The molecule has 0 aromatic heterocycles. The minimum atomic E-state index is -0.00292. The number of rotatable bonds is 2. The van der Waals surface area contributed by atoms with Crippen LogP contribution in [0.5, 0.6) is 0 Å². The predicted octanol–water partition coefficient (Wildman–Crippen LogP) is 1.41. The third-order valence-corrected chi connectivity index (χ3v) is 2.58. The fourth-order valence-corrected chi connectivity index (χ4v) is 1.81. The molecule has 0 N–H and O–H groups in total. The van der Waals surface area contributed by atoms with Crippen LogP contribution in [-0.4, -0.2) is 55.4 Å². The van der Waals surface area contributed by atoms with E-state index in [9.17, 15) is 0 Å². The van der Waals surface area contributed by atoms with Gasteiger partial charge in [-0.1, -0.05) is 0 Å². The molecule has 78 valence electrons. The van der Waals surface area contributed by atoms with Gasteiger partial charge in [0.15, 0.2) is 12.6 Å². The molecule has 2 rings (SSSR count). The van der Waals surface area contributed by atoms with Crippen LogP contribution >= 0.6 is 0 Å². The van der Waals surface area contributed by atoms with Crippen molar-refractivity contribution >= 4 is 29.6 Å². The van der Waals surface area contributed by atoms with Crippen LogP contribution in [0, 0.1) is 0 Å². The van der Waals surface area contributed by atoms with Gasteiger partial charge in [0.05, 0.1) is 0 Å². The van der Waals surface area contributed by atoms with E-state index < -0.39 is 0 Å². The van der Waals surface area contributed by atoms with Crippen molar-refractivity contribution in [1.29, 1.82) is 0 Å². The maximum absolute atomic E-state index is 5.69. The number of hydrogen-bond donors (Lipinski definition) is 0. The van der Waals surface area contributed by atoms with Crippen LogP contribution in [0.2, 0.25) is 0 Å². The van der Waals surface area contributed by atoms with Crippen LogP contribution in [0.4, 0.5) is 0 Å². The molecule has 2 heterocycles. The summed E-state index contributed by atoms with van der Waals surface area (Å²) < 4.78 is 16.6. The molecule has 0 aromatic rings. The van der Waals surface area contributed by atoms with E-state index in [0.29, 0.717) is 0 Å². The zero-order valence-electron chi connectivity index (χ0n) is 8.04. The van der Waals surface area contributed by atoms with Gasteiger partial charge in [-0.05, 0) is 38.5 Å². The number of hydrogen-bond acceptors (Lipinski definition) is 3. The molecule has 0 aliphatic carbocycles. The Labute approximate surface area is 108 Å². The summed E-state index contributed by atoms with van der Waals surface area (Å²) in [5.74, 6) is 0. The van der Waals surface area contributed by atoms with E-state index in [1.54, 1.807) is 0 Å². The van der Waals surface area contributed by atoms with Crippen LogP contribution < -0.4 is 0 Å². The SMILES string of the molecule is C1CCC(OC2CCCCO2)OC1.[NaH]. The van der Waals surface area contributed by atoms with Crippen molar-refractivity contribution < 1.29 is 14.2 Å². The molecule has 2 aliphatic rings. The summed E-state index contributed by atoms with van der Waals surface area (Å²) in [6, 6.07) is 0. The van der Waals surface area contributed by atoms with Crippen molar-refractivity contribution in [2.24, 2.45) is 0 Å². The van der Waals surface area contributed by atoms with Gasteiger partial charge in [-0.15, -0.1) is 0 Å². The first kappa shape index (κ1) is 12.9. The van der Waals surface area contributed by atoms with Crippen LogP contribution in [0.25, 0.3) is 0 Å². The van der Waals surface area contributed by atoms with Gasteiger partial charge < -0.3 is 14.2 Å². The van der Waals surface area contributed by atoms with Crippen LogP contribution in [0.1, 0.15) is 38.5 Å². The molecule has 0 amide bonds. The standard InChI is InChI=1S/C10H18O3.Na.H/c1-3-7-11-9(5-1)13-10-6-2-4-8-12-10;;/h9-10H,1-8H2;;. The summed E-state index contributed by atoms with van der Waals surface area (Å²) in [4.78, 5) is 0. The van der Waals surface area contributed by atoms with Gasteiger partial charge in [0.2, 0.25) is 0 Å². The molecular weight excluding hydrogens is 191 g/mol.